The van der Waals surface area contributed by atoms with E-state index in [-0.39, 0.29) is 24.5 Å². The summed E-state index contributed by atoms with van der Waals surface area (Å²) in [6.45, 7) is 18.8. The van der Waals surface area contributed by atoms with Crippen molar-refractivity contribution in [3.63, 3.8) is 0 Å². The Kier molecular flexibility index (Phi) is 15.2. The maximum absolute atomic E-state index is 14.5. The van der Waals surface area contributed by atoms with Crippen molar-refractivity contribution in [2.24, 2.45) is 7.05 Å². The third-order valence-corrected chi connectivity index (χ3v) is 16.8. The maximum Gasteiger partial charge on any atom is 0.231 e. The number of para-hydroxylation sites is 1. The Morgan fingerprint density at radius 1 is 0.560 bits per heavy atom. The number of nitrogens with zero attached hydrogens (tertiary/aromatic N) is 15. The summed E-state index contributed by atoms with van der Waals surface area (Å²) in [5, 5.41) is 19.0. The van der Waals surface area contributed by atoms with Gasteiger partial charge in [0.15, 0.2) is 17.1 Å². The third kappa shape index (κ3) is 11.2. The molecular weight excluding hydrogens is 1160 g/mol. The molecule has 0 unspecified atom stereocenters. The second-order valence-corrected chi connectivity index (χ2v) is 23.6. The predicted octanol–water partition coefficient (Wildman–Crippen LogP) is 11.9. The van der Waals surface area contributed by atoms with Gasteiger partial charge in [-0.15, -0.1) is 0 Å². The number of imidazole rings is 3. The van der Waals surface area contributed by atoms with Gasteiger partial charge in [-0.25, -0.2) is 48.7 Å². The van der Waals surface area contributed by atoms with Gasteiger partial charge < -0.3 is 34.9 Å². The van der Waals surface area contributed by atoms with Crippen LogP contribution in [0.2, 0.25) is 0 Å². The molecule has 3 aromatic carbocycles. The fourth-order valence-corrected chi connectivity index (χ4v) is 12.2. The molecule has 9 aromatic heterocycles. The van der Waals surface area contributed by atoms with Crippen LogP contribution in [0.3, 0.4) is 0 Å². The van der Waals surface area contributed by atoms with Crippen molar-refractivity contribution in [3.05, 3.63) is 178 Å². The maximum atomic E-state index is 14.5. The number of rotatable bonds is 14. The topological polar surface area (TPSA) is 225 Å². The summed E-state index contributed by atoms with van der Waals surface area (Å²) in [5.74, 6) is 5.99. The van der Waals surface area contributed by atoms with Gasteiger partial charge in [0.25, 0.3) is 0 Å². The molecule has 4 aliphatic rings. The minimum absolute atomic E-state index is 0.233. The van der Waals surface area contributed by atoms with Gasteiger partial charge in [-0.1, -0.05) is 12.1 Å². The molecule has 3 N–H and O–H groups in total. The fraction of sp³-hybridized carbons (Fsp3) is 0.313. The molecule has 1 saturated carbocycles. The Hall–Kier alpha value is -10.5. The Morgan fingerprint density at radius 3 is 1.63 bits per heavy atom. The Labute approximate surface area is 522 Å². The van der Waals surface area contributed by atoms with E-state index in [1.54, 1.807) is 18.3 Å². The summed E-state index contributed by atoms with van der Waals surface area (Å²) in [7, 11) is 1.93. The summed E-state index contributed by atoms with van der Waals surface area (Å²) in [5.41, 5.74) is 17.8. The highest BCUT2D eigenvalue weighted by Gasteiger charge is 2.28. The number of ether oxygens (including phenoxy) is 4. The van der Waals surface area contributed by atoms with Crippen molar-refractivity contribution in [3.8, 4) is 56.5 Å². The van der Waals surface area contributed by atoms with E-state index in [4.69, 9.17) is 38.9 Å². The number of halogens is 2. The highest BCUT2D eigenvalue weighted by molar-refractivity contribution is 5.81. The molecule has 464 valence electrons. The molecule has 0 saturated heterocycles. The van der Waals surface area contributed by atoms with Gasteiger partial charge in [0, 0.05) is 156 Å². The molecule has 0 amide bonds. The number of benzene rings is 3. The molecule has 12 heterocycles. The molecule has 0 bridgehead atoms. The van der Waals surface area contributed by atoms with E-state index in [0.29, 0.717) is 68.2 Å². The highest BCUT2D eigenvalue weighted by atomic mass is 19.1. The number of aryl methyl sites for hydroxylation is 6. The second kappa shape index (κ2) is 23.8. The first-order valence-electron chi connectivity index (χ1n) is 30.5. The molecule has 22 nitrogen and oxygen atoms in total. The number of aromatic nitrogens is 15. The molecule has 24 heteroatoms. The van der Waals surface area contributed by atoms with Crippen molar-refractivity contribution in [1.82, 2.24) is 72.6 Å². The highest BCUT2D eigenvalue weighted by Crippen LogP contribution is 2.40. The largest absolute Gasteiger partial charge is 0.493 e. The quantitative estimate of drug-likeness (QED) is 0.0920. The van der Waals surface area contributed by atoms with Crippen LogP contribution in [0, 0.1) is 53.2 Å². The lowest BCUT2D eigenvalue weighted by Crippen LogP contribution is -2.10. The summed E-state index contributed by atoms with van der Waals surface area (Å²) in [4.78, 5) is 37.4. The van der Waals surface area contributed by atoms with Gasteiger partial charge in [-0.2, -0.15) is 10.2 Å². The molecular formula is C67H68F2N18O4. The molecule has 16 rings (SSSR count). The van der Waals surface area contributed by atoms with Crippen LogP contribution in [-0.2, 0) is 39.5 Å². The van der Waals surface area contributed by atoms with E-state index < -0.39 is 0 Å². The number of hydrogen-bond acceptors (Lipinski definition) is 17. The van der Waals surface area contributed by atoms with Gasteiger partial charge in [-0.05, 0) is 105 Å². The molecule has 0 atom stereocenters. The number of anilines is 3. The van der Waals surface area contributed by atoms with E-state index in [0.717, 1.165) is 142 Å². The van der Waals surface area contributed by atoms with Crippen molar-refractivity contribution >= 4 is 34.8 Å². The van der Waals surface area contributed by atoms with Crippen LogP contribution in [0.1, 0.15) is 106 Å². The minimum Gasteiger partial charge on any atom is -0.493 e. The summed E-state index contributed by atoms with van der Waals surface area (Å²) in [6, 6.07) is 14.5. The SMILES string of the molecule is Cc1cn2c(NCc3c(F)ccc4c3CCO4)ncc(-c3cnc(C4CC4)nc3C)c2n1.Cc1cn2c(NCc3c(F)ccc4c3CCO4)ncc(-c3cnn(C(C)C)c3C)c2n1.Cc1cn2c(NCc3cccc4c3OCO4)ncc(-c3cc(C)nn3C)c2n1. The first-order chi connectivity index (χ1) is 44.1. The zero-order chi connectivity index (χ0) is 62.8. The van der Waals surface area contributed by atoms with Crippen LogP contribution in [0.4, 0.5) is 26.6 Å². The molecule has 1 aliphatic carbocycles. The lowest BCUT2D eigenvalue weighted by atomic mass is 10.0. The van der Waals surface area contributed by atoms with Crippen LogP contribution in [0.25, 0.3) is 50.5 Å². The van der Waals surface area contributed by atoms with E-state index in [1.165, 1.54) is 25.0 Å². The zero-order valence-electron chi connectivity index (χ0n) is 52.1. The minimum atomic E-state index is -0.236. The first-order valence-corrected chi connectivity index (χ1v) is 30.5. The predicted molar refractivity (Wildman–Crippen MR) is 340 cm³/mol. The van der Waals surface area contributed by atoms with Crippen LogP contribution < -0.4 is 34.9 Å². The van der Waals surface area contributed by atoms with Crippen LogP contribution in [-0.4, -0.2) is 92.6 Å². The second-order valence-electron chi connectivity index (χ2n) is 23.6. The Morgan fingerprint density at radius 2 is 1.10 bits per heavy atom. The van der Waals surface area contributed by atoms with E-state index >= 15 is 0 Å². The summed E-state index contributed by atoms with van der Waals surface area (Å²) in [6.07, 6.45) is 18.8. The molecule has 12 aromatic rings. The average Bonchev–Trinajstić information content (AvgIpc) is 1.75. The Bertz CT molecular complexity index is 4790. The van der Waals surface area contributed by atoms with Crippen molar-refractivity contribution in [1.29, 1.82) is 0 Å². The van der Waals surface area contributed by atoms with Crippen molar-refractivity contribution in [2.75, 3.05) is 36.0 Å². The molecule has 0 spiro atoms. The molecule has 1 fully saturated rings. The third-order valence-electron chi connectivity index (χ3n) is 16.8. The standard InChI is InChI=1S/C24H23FN6O.C23H25FN6O.C20H20N6O2/c1-13-12-31-23(29-13)19(17-9-26-22(15-3-4-15)30-14(17)2)11-28-24(31)27-10-18-16-7-8-32-21(16)6-5-20(18)25;1-13(2)30-15(4)17(11-27-30)19-10-26-23(29-12-14(3)28-22(19)29)25-9-18-16-7-8-31-21(16)6-5-20(18)24;1-12-7-16(25(3)24-12)15-9-22-20(26-10-13(2)23-19(15)26)21-8-14-5-4-6-17-18(14)28-11-27-17/h5-6,9,11-12,15H,3-4,7-8,10H2,1-2H3,(H,27,28);5-6,10-13H,7-9H2,1-4H3,(H,25,26);4-7,9-10H,8,11H2,1-3H3,(H,21,22). The average molecular weight is 1230 g/mol. The number of hydrogen-bond donors (Lipinski definition) is 3. The molecule has 0 radical (unpaired) electrons. The number of fused-ring (bicyclic) bond motifs is 6. The van der Waals surface area contributed by atoms with Crippen molar-refractivity contribution < 1.29 is 27.7 Å². The Balaban J connectivity index is 0.000000119. The molecule has 3 aliphatic heterocycles. The number of nitrogens with one attached hydrogen (secondary N) is 3. The lowest BCUT2D eigenvalue weighted by Gasteiger charge is -2.13. The smallest absolute Gasteiger partial charge is 0.231 e. The van der Waals surface area contributed by atoms with E-state index in [9.17, 15) is 8.78 Å². The lowest BCUT2D eigenvalue weighted by molar-refractivity contribution is 0.173. The van der Waals surface area contributed by atoms with Crippen LogP contribution in [0.5, 0.6) is 23.0 Å². The van der Waals surface area contributed by atoms with Crippen LogP contribution in [0.15, 0.2) is 98.1 Å². The first kappa shape index (κ1) is 58.2. The van der Waals surface area contributed by atoms with Gasteiger partial charge in [-0.3, -0.25) is 22.6 Å². The van der Waals surface area contributed by atoms with Gasteiger partial charge >= 0.3 is 0 Å². The zero-order valence-corrected chi connectivity index (χ0v) is 52.1. The van der Waals surface area contributed by atoms with Gasteiger partial charge in [0.1, 0.15) is 40.3 Å². The van der Waals surface area contributed by atoms with Crippen molar-refractivity contribution in [2.45, 2.75) is 113 Å². The fourth-order valence-electron chi connectivity index (χ4n) is 12.2. The summed E-state index contributed by atoms with van der Waals surface area (Å²) < 4.78 is 60.9. The summed E-state index contributed by atoms with van der Waals surface area (Å²) >= 11 is 0. The van der Waals surface area contributed by atoms with E-state index in [2.05, 4.69) is 66.9 Å². The van der Waals surface area contributed by atoms with Crippen LogP contribution >= 0.6 is 0 Å². The van der Waals surface area contributed by atoms with Gasteiger partial charge in [0.05, 0.1) is 53.4 Å². The molecule has 91 heavy (non-hydrogen) atoms. The van der Waals surface area contributed by atoms with Gasteiger partial charge in [0.2, 0.25) is 24.6 Å². The van der Waals surface area contributed by atoms with E-state index in [1.807, 2.05) is 132 Å². The monoisotopic (exact) mass is 1230 g/mol. The normalized spacial score (nSPS) is 13.7.